The van der Waals surface area contributed by atoms with Gasteiger partial charge in [-0.2, -0.15) is 4.98 Å². The Morgan fingerprint density at radius 3 is 2.76 bits per heavy atom. The summed E-state index contributed by atoms with van der Waals surface area (Å²) >= 11 is 6.08. The first kappa shape index (κ1) is 25.8. The molecule has 1 aliphatic heterocycles. The Morgan fingerprint density at radius 2 is 2.03 bits per heavy atom. The van der Waals surface area contributed by atoms with Crippen molar-refractivity contribution in [1.82, 2.24) is 19.9 Å². The molecule has 0 spiro atoms. The van der Waals surface area contributed by atoms with Crippen LogP contribution < -0.4 is 20.1 Å². The molecular formula is C26H28ClFN6O4. The van der Waals surface area contributed by atoms with Gasteiger partial charge in [-0.1, -0.05) is 11.6 Å². The van der Waals surface area contributed by atoms with E-state index in [0.29, 0.717) is 35.7 Å². The quantitative estimate of drug-likeness (QED) is 0.338. The molecule has 2 aromatic carbocycles. The molecule has 1 aliphatic rings. The number of rotatable bonds is 7. The number of halogens is 2. The van der Waals surface area contributed by atoms with E-state index in [1.54, 1.807) is 23.1 Å². The van der Waals surface area contributed by atoms with Crippen LogP contribution in [-0.2, 0) is 4.74 Å². The number of nitrogens with two attached hydrogens (primary N) is 1. The van der Waals surface area contributed by atoms with Crippen LogP contribution in [0.1, 0.15) is 17.4 Å². The fourth-order valence-corrected chi connectivity index (χ4v) is 4.85. The van der Waals surface area contributed by atoms with Gasteiger partial charge in [0.25, 0.3) is 5.91 Å². The number of hydrogen-bond donors (Lipinski definition) is 2. The molecule has 0 unspecified atom stereocenters. The van der Waals surface area contributed by atoms with Gasteiger partial charge in [0.2, 0.25) is 5.95 Å². The van der Waals surface area contributed by atoms with Crippen LogP contribution >= 0.6 is 11.6 Å². The SMILES string of the molecule is COCCOc1c(OC)cc2c(N)nc(N3CCN(C(=O)c4cc5cc(Cl)ccc5[nH]4)C[C@@H]3C)nc2c1F. The molecule has 0 saturated carbocycles. The summed E-state index contributed by atoms with van der Waals surface area (Å²) in [5.41, 5.74) is 7.60. The lowest BCUT2D eigenvalue weighted by Crippen LogP contribution is -2.54. The molecule has 3 heterocycles. The Bertz CT molecular complexity index is 1510. The second-order valence-electron chi connectivity index (χ2n) is 9.08. The number of aromatic nitrogens is 3. The van der Waals surface area contributed by atoms with Crippen molar-refractivity contribution in [2.24, 2.45) is 0 Å². The topological polar surface area (TPSA) is 119 Å². The van der Waals surface area contributed by atoms with Gasteiger partial charge in [0.15, 0.2) is 17.3 Å². The van der Waals surface area contributed by atoms with Gasteiger partial charge in [0, 0.05) is 54.1 Å². The Kier molecular flexibility index (Phi) is 7.13. The third-order valence-electron chi connectivity index (χ3n) is 6.61. The molecule has 5 rings (SSSR count). The number of ether oxygens (including phenoxy) is 3. The number of fused-ring (bicyclic) bond motifs is 2. The van der Waals surface area contributed by atoms with E-state index < -0.39 is 5.82 Å². The molecule has 200 valence electrons. The van der Waals surface area contributed by atoms with Crippen LogP contribution in [0.3, 0.4) is 0 Å². The highest BCUT2D eigenvalue weighted by molar-refractivity contribution is 6.31. The number of methoxy groups -OCH3 is 2. The molecule has 2 aromatic heterocycles. The van der Waals surface area contributed by atoms with E-state index >= 15 is 4.39 Å². The van der Waals surface area contributed by atoms with E-state index in [-0.39, 0.29) is 53.9 Å². The van der Waals surface area contributed by atoms with E-state index in [1.165, 1.54) is 14.2 Å². The summed E-state index contributed by atoms with van der Waals surface area (Å²) in [7, 11) is 2.95. The Hall–Kier alpha value is -3.83. The summed E-state index contributed by atoms with van der Waals surface area (Å²) in [6, 6.07) is 8.65. The van der Waals surface area contributed by atoms with Gasteiger partial charge >= 0.3 is 0 Å². The minimum Gasteiger partial charge on any atom is -0.493 e. The number of nitrogens with zero attached hydrogens (tertiary/aromatic N) is 4. The zero-order valence-electron chi connectivity index (χ0n) is 21.3. The van der Waals surface area contributed by atoms with Crippen molar-refractivity contribution in [3.63, 3.8) is 0 Å². The number of benzene rings is 2. The minimum atomic E-state index is -0.689. The van der Waals surface area contributed by atoms with Gasteiger partial charge in [0.1, 0.15) is 23.6 Å². The fourth-order valence-electron chi connectivity index (χ4n) is 4.67. The zero-order valence-corrected chi connectivity index (χ0v) is 22.0. The van der Waals surface area contributed by atoms with Crippen molar-refractivity contribution in [2.75, 3.05) is 57.7 Å². The van der Waals surface area contributed by atoms with Gasteiger partial charge in [-0.05, 0) is 37.3 Å². The van der Waals surface area contributed by atoms with E-state index in [9.17, 15) is 4.79 Å². The maximum absolute atomic E-state index is 15.6. The number of nitrogens with one attached hydrogen (secondary N) is 1. The number of amides is 1. The number of nitrogen functional groups attached to an aromatic ring is 1. The zero-order chi connectivity index (χ0) is 27.0. The van der Waals surface area contributed by atoms with Gasteiger partial charge in [0.05, 0.1) is 13.7 Å². The van der Waals surface area contributed by atoms with Gasteiger partial charge in [-0.3, -0.25) is 4.79 Å². The first-order chi connectivity index (χ1) is 18.3. The summed E-state index contributed by atoms with van der Waals surface area (Å²) in [4.78, 5) is 29.0. The van der Waals surface area contributed by atoms with E-state index in [4.69, 9.17) is 31.5 Å². The Balaban J connectivity index is 1.39. The van der Waals surface area contributed by atoms with E-state index in [0.717, 1.165) is 10.9 Å². The van der Waals surface area contributed by atoms with Crippen molar-refractivity contribution in [2.45, 2.75) is 13.0 Å². The number of carbonyl (C=O) groups excluding carboxylic acids is 1. The summed E-state index contributed by atoms with van der Waals surface area (Å²) in [5, 5.41) is 1.80. The van der Waals surface area contributed by atoms with Crippen molar-refractivity contribution in [1.29, 1.82) is 0 Å². The van der Waals surface area contributed by atoms with Crippen LogP contribution in [0, 0.1) is 5.82 Å². The monoisotopic (exact) mass is 542 g/mol. The molecule has 1 saturated heterocycles. The summed E-state index contributed by atoms with van der Waals surface area (Å²) in [5.74, 6) is -0.280. The number of carbonyl (C=O) groups is 1. The molecule has 4 aromatic rings. The van der Waals surface area contributed by atoms with Crippen LogP contribution in [0.4, 0.5) is 16.2 Å². The van der Waals surface area contributed by atoms with Gasteiger partial charge < -0.3 is 34.7 Å². The molecule has 1 atom stereocenters. The second-order valence-corrected chi connectivity index (χ2v) is 9.51. The number of anilines is 2. The predicted octanol–water partition coefficient (Wildman–Crippen LogP) is 3.87. The summed E-state index contributed by atoms with van der Waals surface area (Å²) < 4.78 is 31.4. The van der Waals surface area contributed by atoms with Gasteiger partial charge in [-0.15, -0.1) is 0 Å². The second kappa shape index (κ2) is 10.5. The highest BCUT2D eigenvalue weighted by atomic mass is 35.5. The average Bonchev–Trinajstić information content (AvgIpc) is 3.33. The molecular weight excluding hydrogens is 515 g/mol. The van der Waals surface area contributed by atoms with Crippen molar-refractivity contribution < 1.29 is 23.4 Å². The maximum atomic E-state index is 15.6. The smallest absolute Gasteiger partial charge is 0.270 e. The standard InChI is InChI=1S/C26H28ClFN6O4/c1-14-13-33(25(35)19-11-15-10-16(27)4-5-18(15)30-19)6-7-34(14)26-31-22-17(24(29)32-26)12-20(37-3)23(21(22)28)38-9-8-36-2/h4-5,10-12,14,30H,6-9,13H2,1-3H3,(H2,29,31,32)/t14-/m0/s1. The number of hydrogen-bond acceptors (Lipinski definition) is 8. The fraction of sp³-hybridized carbons (Fsp3) is 0.346. The van der Waals surface area contributed by atoms with Crippen LogP contribution in [0.2, 0.25) is 5.02 Å². The number of H-pyrrole nitrogens is 1. The Morgan fingerprint density at radius 1 is 1.21 bits per heavy atom. The van der Waals surface area contributed by atoms with Crippen molar-refractivity contribution >= 4 is 51.1 Å². The van der Waals surface area contributed by atoms with Crippen molar-refractivity contribution in [3.05, 3.63) is 46.9 Å². The lowest BCUT2D eigenvalue weighted by molar-refractivity contribution is 0.0720. The summed E-state index contributed by atoms with van der Waals surface area (Å²) in [6.07, 6.45) is 0. The molecule has 12 heteroatoms. The van der Waals surface area contributed by atoms with E-state index in [2.05, 4.69) is 15.0 Å². The molecule has 1 fully saturated rings. The third-order valence-corrected chi connectivity index (χ3v) is 6.84. The minimum absolute atomic E-state index is 0.0307. The van der Waals surface area contributed by atoms with Crippen molar-refractivity contribution in [3.8, 4) is 11.5 Å². The first-order valence-electron chi connectivity index (χ1n) is 12.1. The summed E-state index contributed by atoms with van der Waals surface area (Å²) in [6.45, 7) is 3.67. The molecule has 3 N–H and O–H groups in total. The Labute approximate surface area is 223 Å². The first-order valence-corrected chi connectivity index (χ1v) is 12.5. The molecule has 38 heavy (non-hydrogen) atoms. The molecule has 0 bridgehead atoms. The maximum Gasteiger partial charge on any atom is 0.270 e. The third kappa shape index (κ3) is 4.74. The predicted molar refractivity (Wildman–Crippen MR) is 144 cm³/mol. The number of aromatic amines is 1. The number of piperazine rings is 1. The van der Waals surface area contributed by atoms with Crippen LogP contribution in [0.5, 0.6) is 11.5 Å². The normalized spacial score (nSPS) is 15.9. The molecule has 0 radical (unpaired) electrons. The molecule has 0 aliphatic carbocycles. The van der Waals surface area contributed by atoms with Crippen LogP contribution in [-0.4, -0.2) is 78.9 Å². The lowest BCUT2D eigenvalue weighted by Gasteiger charge is -2.39. The van der Waals surface area contributed by atoms with Crippen LogP contribution in [0.25, 0.3) is 21.8 Å². The van der Waals surface area contributed by atoms with E-state index in [1.807, 2.05) is 24.0 Å². The highest BCUT2D eigenvalue weighted by Crippen LogP contribution is 2.38. The molecule has 10 nitrogen and oxygen atoms in total. The average molecular weight is 543 g/mol. The highest BCUT2D eigenvalue weighted by Gasteiger charge is 2.31. The molecule has 1 amide bonds. The van der Waals surface area contributed by atoms with Crippen LogP contribution in [0.15, 0.2) is 30.3 Å². The largest absolute Gasteiger partial charge is 0.493 e. The lowest BCUT2D eigenvalue weighted by atomic mass is 10.1. The van der Waals surface area contributed by atoms with Gasteiger partial charge in [-0.25, -0.2) is 9.37 Å².